The molecule has 12 heteroatoms. The number of carbonyl (C=O) groups excluding carboxylic acids is 1. The molecule has 0 aromatic rings. The van der Waals surface area contributed by atoms with Crippen molar-refractivity contribution >= 4 is 5.91 Å². The number of methoxy groups -OCH3 is 1. The summed E-state index contributed by atoms with van der Waals surface area (Å²) in [5.41, 5.74) is 5.68. The first-order chi connectivity index (χ1) is 12.7. The van der Waals surface area contributed by atoms with Gasteiger partial charge in [0.2, 0.25) is 5.91 Å². The van der Waals surface area contributed by atoms with Crippen molar-refractivity contribution in [2.45, 2.75) is 68.2 Å². The average Bonchev–Trinajstić information content (AvgIpc) is 2.64. The van der Waals surface area contributed by atoms with Crippen molar-refractivity contribution < 1.29 is 49.3 Å². The molecule has 1 amide bonds. The number of hydrogen-bond acceptors (Lipinski definition) is 11. The molecule has 0 aliphatic carbocycles. The highest BCUT2D eigenvalue weighted by Gasteiger charge is 2.50. The molecular formula is C15H28N2O10. The Morgan fingerprint density at radius 2 is 1.63 bits per heavy atom. The molecule has 8 N–H and O–H groups in total. The normalized spacial score (nSPS) is 45.5. The number of rotatable bonds is 6. The molecule has 2 unspecified atom stereocenters. The zero-order chi connectivity index (χ0) is 20.3. The molecule has 2 heterocycles. The standard InChI is InChI=1S/C15H28N2O10/c1-5(20)17-9-11(22)13(7(4-19)26-14(9)24-2)27-15-12(23)10(21)8(16)6(3-18)25-15/h6-15,18-19,21-23H,3-4,16H2,1-2H3,(H,17,20)/t6-,7-,8-,9-,10+,11-,12-,13-,14?,15?/m1/s1. The smallest absolute Gasteiger partial charge is 0.217 e. The second kappa shape index (κ2) is 9.52. The van der Waals surface area contributed by atoms with E-state index >= 15 is 0 Å². The lowest BCUT2D eigenvalue weighted by Crippen LogP contribution is -2.68. The second-order valence-corrected chi connectivity index (χ2v) is 6.56. The Morgan fingerprint density at radius 1 is 1.04 bits per heavy atom. The number of ether oxygens (including phenoxy) is 4. The number of aliphatic hydroxyl groups is 5. The number of amides is 1. The topological polar surface area (TPSA) is 193 Å². The number of aliphatic hydroxyl groups excluding tert-OH is 5. The molecule has 158 valence electrons. The van der Waals surface area contributed by atoms with Gasteiger partial charge in [-0.05, 0) is 0 Å². The van der Waals surface area contributed by atoms with E-state index in [1.165, 1.54) is 14.0 Å². The van der Waals surface area contributed by atoms with Crippen LogP contribution in [0.1, 0.15) is 6.92 Å². The van der Waals surface area contributed by atoms with Gasteiger partial charge in [0.05, 0.1) is 19.3 Å². The lowest BCUT2D eigenvalue weighted by atomic mass is 9.95. The fourth-order valence-electron chi connectivity index (χ4n) is 3.21. The second-order valence-electron chi connectivity index (χ2n) is 6.56. The lowest BCUT2D eigenvalue weighted by molar-refractivity contribution is -0.336. The quantitative estimate of drug-likeness (QED) is 0.228. The molecule has 0 saturated carbocycles. The molecule has 0 aromatic carbocycles. The van der Waals surface area contributed by atoms with Crippen molar-refractivity contribution in [1.82, 2.24) is 5.32 Å². The number of nitrogens with one attached hydrogen (secondary N) is 1. The molecule has 0 bridgehead atoms. The first-order valence-electron chi connectivity index (χ1n) is 8.52. The van der Waals surface area contributed by atoms with Crippen LogP contribution in [0.25, 0.3) is 0 Å². The molecule has 27 heavy (non-hydrogen) atoms. The van der Waals surface area contributed by atoms with Crippen molar-refractivity contribution in [3.63, 3.8) is 0 Å². The number of nitrogens with two attached hydrogens (primary N) is 1. The summed E-state index contributed by atoms with van der Waals surface area (Å²) < 4.78 is 21.6. The first kappa shape index (κ1) is 22.4. The zero-order valence-corrected chi connectivity index (χ0v) is 15.0. The van der Waals surface area contributed by atoms with Crippen LogP contribution in [0.2, 0.25) is 0 Å². The molecule has 2 aliphatic heterocycles. The summed E-state index contributed by atoms with van der Waals surface area (Å²) in [6, 6.07) is -2.07. The fraction of sp³-hybridized carbons (Fsp3) is 0.933. The molecule has 2 aliphatic rings. The van der Waals surface area contributed by atoms with Crippen LogP contribution in [0.3, 0.4) is 0 Å². The van der Waals surface area contributed by atoms with Gasteiger partial charge in [0.25, 0.3) is 0 Å². The van der Waals surface area contributed by atoms with Gasteiger partial charge in [0.15, 0.2) is 12.6 Å². The van der Waals surface area contributed by atoms with E-state index in [0.29, 0.717) is 0 Å². The van der Waals surface area contributed by atoms with Crippen molar-refractivity contribution in [2.24, 2.45) is 5.73 Å². The Bertz CT molecular complexity index is 495. The van der Waals surface area contributed by atoms with E-state index in [1.54, 1.807) is 0 Å². The molecule has 0 radical (unpaired) electrons. The van der Waals surface area contributed by atoms with Crippen molar-refractivity contribution in [2.75, 3.05) is 20.3 Å². The Morgan fingerprint density at radius 3 is 2.15 bits per heavy atom. The maximum Gasteiger partial charge on any atom is 0.217 e. The third-order valence-corrected chi connectivity index (χ3v) is 4.69. The molecule has 0 aromatic heterocycles. The van der Waals surface area contributed by atoms with Crippen LogP contribution in [0.5, 0.6) is 0 Å². The largest absolute Gasteiger partial charge is 0.394 e. The van der Waals surface area contributed by atoms with Gasteiger partial charge in [-0.2, -0.15) is 0 Å². The van der Waals surface area contributed by atoms with E-state index in [-0.39, 0.29) is 0 Å². The average molecular weight is 396 g/mol. The van der Waals surface area contributed by atoms with E-state index in [0.717, 1.165) is 0 Å². The summed E-state index contributed by atoms with van der Waals surface area (Å²) in [5, 5.41) is 52.2. The predicted octanol–water partition coefficient (Wildman–Crippen LogP) is -4.63. The highest BCUT2D eigenvalue weighted by molar-refractivity contribution is 5.73. The van der Waals surface area contributed by atoms with Crippen LogP contribution in [0, 0.1) is 0 Å². The molecule has 0 spiro atoms. The lowest BCUT2D eigenvalue weighted by Gasteiger charge is -2.47. The SMILES string of the molecule is COC1O[C@H](CO)[C@@H](OC2O[C@H](CO)[C@@H](N)[C@H](O)[C@H]2O)[C@H](O)[C@H]1NC(C)=O. The minimum atomic E-state index is -1.58. The molecule has 10 atom stereocenters. The van der Waals surface area contributed by atoms with Crippen molar-refractivity contribution in [1.29, 1.82) is 0 Å². The van der Waals surface area contributed by atoms with E-state index in [2.05, 4.69) is 5.32 Å². The minimum Gasteiger partial charge on any atom is -0.394 e. The van der Waals surface area contributed by atoms with Gasteiger partial charge < -0.3 is 55.5 Å². The van der Waals surface area contributed by atoms with Gasteiger partial charge in [-0.1, -0.05) is 0 Å². The van der Waals surface area contributed by atoms with Gasteiger partial charge in [-0.15, -0.1) is 0 Å². The third-order valence-electron chi connectivity index (χ3n) is 4.69. The molecule has 2 saturated heterocycles. The summed E-state index contributed by atoms with van der Waals surface area (Å²) >= 11 is 0. The highest BCUT2D eigenvalue weighted by Crippen LogP contribution is 2.29. The van der Waals surface area contributed by atoms with Crippen LogP contribution < -0.4 is 11.1 Å². The fourth-order valence-corrected chi connectivity index (χ4v) is 3.21. The first-order valence-corrected chi connectivity index (χ1v) is 8.52. The summed E-state index contributed by atoms with van der Waals surface area (Å²) in [6.07, 6.45) is -10.3. The van der Waals surface area contributed by atoms with Crippen LogP contribution in [-0.4, -0.2) is 113 Å². The third kappa shape index (κ3) is 4.74. The van der Waals surface area contributed by atoms with Gasteiger partial charge in [0.1, 0.15) is 42.7 Å². The van der Waals surface area contributed by atoms with Gasteiger partial charge in [0, 0.05) is 14.0 Å². The molecular weight excluding hydrogens is 368 g/mol. The van der Waals surface area contributed by atoms with Crippen LogP contribution in [-0.2, 0) is 23.7 Å². The summed E-state index contributed by atoms with van der Waals surface area (Å²) in [5.74, 6) is -0.457. The predicted molar refractivity (Wildman–Crippen MR) is 87.0 cm³/mol. The van der Waals surface area contributed by atoms with Crippen LogP contribution in [0.4, 0.5) is 0 Å². The van der Waals surface area contributed by atoms with E-state index in [4.69, 9.17) is 24.7 Å². The number of hydrogen-bond donors (Lipinski definition) is 7. The van der Waals surface area contributed by atoms with E-state index in [9.17, 15) is 30.3 Å². The van der Waals surface area contributed by atoms with Crippen molar-refractivity contribution in [3.05, 3.63) is 0 Å². The molecule has 12 nitrogen and oxygen atoms in total. The molecule has 2 rings (SSSR count). The van der Waals surface area contributed by atoms with Crippen LogP contribution in [0.15, 0.2) is 0 Å². The summed E-state index contributed by atoms with van der Waals surface area (Å²) in [4.78, 5) is 11.4. The van der Waals surface area contributed by atoms with Gasteiger partial charge in [-0.3, -0.25) is 4.79 Å². The Kier molecular flexibility index (Phi) is 7.88. The number of carbonyl (C=O) groups is 1. The van der Waals surface area contributed by atoms with E-state index in [1.807, 2.05) is 0 Å². The summed E-state index contributed by atoms with van der Waals surface area (Å²) in [6.45, 7) is 0.145. The van der Waals surface area contributed by atoms with Crippen molar-refractivity contribution in [3.8, 4) is 0 Å². The maximum atomic E-state index is 11.4. The highest BCUT2D eigenvalue weighted by atomic mass is 16.7. The maximum absolute atomic E-state index is 11.4. The monoisotopic (exact) mass is 396 g/mol. The van der Waals surface area contributed by atoms with Crippen LogP contribution >= 0.6 is 0 Å². The van der Waals surface area contributed by atoms with Gasteiger partial charge in [-0.25, -0.2) is 0 Å². The Balaban J connectivity index is 2.19. The Hall–Kier alpha value is -0.930. The van der Waals surface area contributed by atoms with Gasteiger partial charge >= 0.3 is 0 Å². The Labute approximate surface area is 155 Å². The zero-order valence-electron chi connectivity index (χ0n) is 15.0. The molecule has 2 fully saturated rings. The summed E-state index contributed by atoms with van der Waals surface area (Å²) in [7, 11) is 1.30. The minimum absolute atomic E-state index is 0.457. The van der Waals surface area contributed by atoms with E-state index < -0.39 is 80.4 Å².